The molecule has 0 aliphatic heterocycles. The van der Waals surface area contributed by atoms with Gasteiger partial charge in [0.1, 0.15) is 11.4 Å². The molecule has 18 heavy (non-hydrogen) atoms. The molecule has 2 rings (SSSR count). The number of rotatable bonds is 3. The van der Waals surface area contributed by atoms with E-state index in [0.717, 1.165) is 12.1 Å². The van der Waals surface area contributed by atoms with Crippen LogP contribution in [0.15, 0.2) is 28.7 Å². The maximum atomic E-state index is 12.9. The van der Waals surface area contributed by atoms with Gasteiger partial charge in [-0.2, -0.15) is 13.2 Å². The zero-order valence-electron chi connectivity index (χ0n) is 9.05. The minimum Gasteiger partial charge on any atom is -0.453 e. The van der Waals surface area contributed by atoms with Crippen molar-refractivity contribution in [2.45, 2.75) is 19.0 Å². The average Bonchev–Trinajstić information content (AvgIpc) is 2.67. The molecule has 0 atom stereocenters. The monoisotopic (exact) mass is 260 g/mol. The van der Waals surface area contributed by atoms with Crippen LogP contribution in [0, 0.1) is 5.82 Å². The molecule has 1 aromatic heterocycles. The van der Waals surface area contributed by atoms with Crippen molar-refractivity contribution in [3.05, 3.63) is 35.8 Å². The van der Waals surface area contributed by atoms with Gasteiger partial charge < -0.3 is 4.42 Å². The highest BCUT2D eigenvalue weighted by Crippen LogP contribution is 2.25. The van der Waals surface area contributed by atoms with Gasteiger partial charge in [-0.3, -0.25) is 4.79 Å². The van der Waals surface area contributed by atoms with Gasteiger partial charge >= 0.3 is 6.18 Å². The Morgan fingerprint density at radius 1 is 1.22 bits per heavy atom. The van der Waals surface area contributed by atoms with Crippen molar-refractivity contribution in [1.29, 1.82) is 0 Å². The number of alkyl halides is 3. The topological polar surface area (TPSA) is 30.2 Å². The van der Waals surface area contributed by atoms with Crippen LogP contribution in [0.25, 0.3) is 11.0 Å². The first-order valence-corrected chi connectivity index (χ1v) is 5.14. The molecule has 0 saturated heterocycles. The summed E-state index contributed by atoms with van der Waals surface area (Å²) in [7, 11) is 0. The molecule has 0 bridgehead atoms. The first-order valence-electron chi connectivity index (χ1n) is 5.14. The van der Waals surface area contributed by atoms with Gasteiger partial charge in [0.2, 0.25) is 0 Å². The van der Waals surface area contributed by atoms with E-state index in [2.05, 4.69) is 0 Å². The van der Waals surface area contributed by atoms with Gasteiger partial charge in [0, 0.05) is 11.8 Å². The summed E-state index contributed by atoms with van der Waals surface area (Å²) in [5.41, 5.74) is 0.270. The Kier molecular flexibility index (Phi) is 3.11. The zero-order valence-corrected chi connectivity index (χ0v) is 9.05. The average molecular weight is 260 g/mol. The second kappa shape index (κ2) is 4.44. The fourth-order valence-electron chi connectivity index (χ4n) is 1.53. The Labute approximate surface area is 99.2 Å². The number of fused-ring (bicyclic) bond motifs is 1. The van der Waals surface area contributed by atoms with Crippen molar-refractivity contribution >= 4 is 16.8 Å². The molecule has 0 unspecified atom stereocenters. The van der Waals surface area contributed by atoms with Crippen molar-refractivity contribution in [3.63, 3.8) is 0 Å². The van der Waals surface area contributed by atoms with Gasteiger partial charge in [0.15, 0.2) is 11.5 Å². The lowest BCUT2D eigenvalue weighted by atomic mass is 10.1. The normalized spacial score (nSPS) is 12.0. The van der Waals surface area contributed by atoms with Crippen LogP contribution in [0.2, 0.25) is 0 Å². The molecule has 0 aliphatic carbocycles. The Morgan fingerprint density at radius 2 is 1.94 bits per heavy atom. The van der Waals surface area contributed by atoms with Crippen LogP contribution in [0.3, 0.4) is 0 Å². The summed E-state index contributed by atoms with van der Waals surface area (Å²) in [6, 6.07) is 4.87. The molecule has 1 aromatic carbocycles. The summed E-state index contributed by atoms with van der Waals surface area (Å²) in [4.78, 5) is 11.5. The highest BCUT2D eigenvalue weighted by molar-refractivity contribution is 5.97. The number of benzene rings is 1. The number of ketones is 1. The van der Waals surface area contributed by atoms with E-state index in [-0.39, 0.29) is 11.3 Å². The number of halogens is 4. The summed E-state index contributed by atoms with van der Waals surface area (Å²) in [6.45, 7) is 0. The first kappa shape index (κ1) is 12.6. The molecular weight excluding hydrogens is 252 g/mol. The van der Waals surface area contributed by atoms with E-state index in [4.69, 9.17) is 4.42 Å². The van der Waals surface area contributed by atoms with Gasteiger partial charge in [0.05, 0.1) is 6.42 Å². The third-order valence-corrected chi connectivity index (χ3v) is 2.39. The molecule has 0 aliphatic rings. The minimum atomic E-state index is -4.38. The molecule has 0 radical (unpaired) electrons. The van der Waals surface area contributed by atoms with E-state index in [1.165, 1.54) is 12.1 Å². The number of carbonyl (C=O) groups excluding carboxylic acids is 1. The molecule has 0 N–H and O–H groups in total. The summed E-state index contributed by atoms with van der Waals surface area (Å²) >= 11 is 0. The number of Topliss-reactive ketones (excluding diaryl/α,β-unsaturated/α-hetero) is 1. The summed E-state index contributed by atoms with van der Waals surface area (Å²) < 4.78 is 53.8. The summed E-state index contributed by atoms with van der Waals surface area (Å²) in [6.07, 6.45) is -6.25. The quantitative estimate of drug-likeness (QED) is 0.614. The Hall–Kier alpha value is -1.85. The standard InChI is InChI=1S/C12H8F4O2/c13-8-1-2-10-7(5-8)6-11(18-10)9(17)3-4-12(14,15)16/h1-2,5-6H,3-4H2. The largest absolute Gasteiger partial charge is 0.453 e. The lowest BCUT2D eigenvalue weighted by Crippen LogP contribution is -2.10. The molecule has 2 aromatic rings. The molecule has 0 saturated carbocycles. The van der Waals surface area contributed by atoms with Crippen LogP contribution in [-0.2, 0) is 0 Å². The molecule has 96 valence electrons. The van der Waals surface area contributed by atoms with Crippen LogP contribution in [0.4, 0.5) is 17.6 Å². The fraction of sp³-hybridized carbons (Fsp3) is 0.250. The maximum Gasteiger partial charge on any atom is 0.389 e. The second-order valence-corrected chi connectivity index (χ2v) is 3.83. The zero-order chi connectivity index (χ0) is 13.3. The van der Waals surface area contributed by atoms with E-state index >= 15 is 0 Å². The maximum absolute atomic E-state index is 12.9. The van der Waals surface area contributed by atoms with Gasteiger partial charge in [0.25, 0.3) is 0 Å². The molecule has 6 heteroatoms. The van der Waals surface area contributed by atoms with Crippen LogP contribution in [0.5, 0.6) is 0 Å². The van der Waals surface area contributed by atoms with Crippen molar-refractivity contribution in [3.8, 4) is 0 Å². The van der Waals surface area contributed by atoms with Gasteiger partial charge in [-0.25, -0.2) is 4.39 Å². The molecular formula is C12H8F4O2. The Bertz CT molecular complexity index is 583. The Balaban J connectivity index is 2.18. The van der Waals surface area contributed by atoms with Crippen LogP contribution in [0.1, 0.15) is 23.4 Å². The van der Waals surface area contributed by atoms with E-state index in [1.807, 2.05) is 0 Å². The van der Waals surface area contributed by atoms with Gasteiger partial charge in [-0.15, -0.1) is 0 Å². The number of furan rings is 1. The minimum absolute atomic E-state index is 0.181. The van der Waals surface area contributed by atoms with Gasteiger partial charge in [-0.05, 0) is 24.3 Å². The lowest BCUT2D eigenvalue weighted by molar-refractivity contribution is -0.133. The SMILES string of the molecule is O=C(CCC(F)(F)F)c1cc2cc(F)ccc2o1. The third kappa shape index (κ3) is 2.88. The predicted molar refractivity (Wildman–Crippen MR) is 55.8 cm³/mol. The summed E-state index contributed by atoms with van der Waals surface area (Å²) in [5.74, 6) is -1.43. The van der Waals surface area contributed by atoms with E-state index in [1.54, 1.807) is 0 Å². The van der Waals surface area contributed by atoms with Crippen LogP contribution in [-0.4, -0.2) is 12.0 Å². The smallest absolute Gasteiger partial charge is 0.389 e. The number of hydrogen-bond donors (Lipinski definition) is 0. The molecule has 1 heterocycles. The lowest BCUT2D eigenvalue weighted by Gasteiger charge is -2.03. The number of hydrogen-bond acceptors (Lipinski definition) is 2. The highest BCUT2D eigenvalue weighted by Gasteiger charge is 2.28. The predicted octanol–water partition coefficient (Wildman–Crippen LogP) is 4.10. The van der Waals surface area contributed by atoms with E-state index in [9.17, 15) is 22.4 Å². The fourth-order valence-corrected chi connectivity index (χ4v) is 1.53. The highest BCUT2D eigenvalue weighted by atomic mass is 19.4. The van der Waals surface area contributed by atoms with Crippen molar-refractivity contribution in [2.75, 3.05) is 0 Å². The second-order valence-electron chi connectivity index (χ2n) is 3.83. The molecule has 0 spiro atoms. The molecule has 0 fully saturated rings. The first-order chi connectivity index (χ1) is 8.35. The van der Waals surface area contributed by atoms with Crippen molar-refractivity contribution in [1.82, 2.24) is 0 Å². The number of carbonyl (C=O) groups is 1. The Morgan fingerprint density at radius 3 is 2.61 bits per heavy atom. The third-order valence-electron chi connectivity index (χ3n) is 2.39. The van der Waals surface area contributed by atoms with E-state index < -0.39 is 30.6 Å². The molecule has 0 amide bonds. The van der Waals surface area contributed by atoms with E-state index in [0.29, 0.717) is 5.39 Å². The molecule has 2 nitrogen and oxygen atoms in total. The summed E-state index contributed by atoms with van der Waals surface area (Å²) in [5, 5.41) is 0.352. The van der Waals surface area contributed by atoms with Crippen LogP contribution < -0.4 is 0 Å². The van der Waals surface area contributed by atoms with Crippen molar-refractivity contribution in [2.24, 2.45) is 0 Å². The van der Waals surface area contributed by atoms with Crippen LogP contribution >= 0.6 is 0 Å². The van der Waals surface area contributed by atoms with Crippen molar-refractivity contribution < 1.29 is 26.8 Å². The van der Waals surface area contributed by atoms with Gasteiger partial charge in [-0.1, -0.05) is 0 Å².